The molecular formula is C19H19FN4O4S. The summed E-state index contributed by atoms with van der Waals surface area (Å²) in [5.41, 5.74) is 1.45. The number of ether oxygens (including phenoxy) is 1. The van der Waals surface area contributed by atoms with Gasteiger partial charge in [0.05, 0.1) is 25.3 Å². The van der Waals surface area contributed by atoms with Crippen LogP contribution >= 0.6 is 11.3 Å². The Balaban J connectivity index is 1.42. The van der Waals surface area contributed by atoms with Gasteiger partial charge in [0.25, 0.3) is 0 Å². The van der Waals surface area contributed by atoms with Gasteiger partial charge >= 0.3 is 6.09 Å². The molecule has 0 spiro atoms. The topological polar surface area (TPSA) is 91.8 Å². The van der Waals surface area contributed by atoms with Crippen molar-refractivity contribution >= 4 is 40.1 Å². The van der Waals surface area contributed by atoms with Gasteiger partial charge in [0.2, 0.25) is 11.8 Å². The van der Waals surface area contributed by atoms with Crippen LogP contribution in [-0.4, -0.2) is 48.0 Å². The zero-order valence-electron chi connectivity index (χ0n) is 15.7. The largest absolute Gasteiger partial charge is 0.453 e. The molecule has 1 saturated heterocycles. The molecule has 4 rings (SSSR count). The average Bonchev–Trinajstić information content (AvgIpc) is 3.30. The van der Waals surface area contributed by atoms with E-state index in [1.807, 2.05) is 0 Å². The molecule has 10 heteroatoms. The van der Waals surface area contributed by atoms with E-state index in [2.05, 4.69) is 15.0 Å². The second kappa shape index (κ2) is 7.78. The first-order valence-corrected chi connectivity index (χ1v) is 9.94. The summed E-state index contributed by atoms with van der Waals surface area (Å²) >= 11 is 1.31. The molecule has 1 N–H and O–H groups in total. The van der Waals surface area contributed by atoms with E-state index in [1.165, 1.54) is 35.5 Å². The van der Waals surface area contributed by atoms with Crippen LogP contribution in [0.3, 0.4) is 0 Å². The maximum Gasteiger partial charge on any atom is 0.413 e. The molecule has 1 aromatic heterocycles. The summed E-state index contributed by atoms with van der Waals surface area (Å²) in [4.78, 5) is 45.3. The molecular weight excluding hydrogens is 399 g/mol. The number of methoxy groups -OCH3 is 1. The third kappa shape index (κ3) is 3.93. The molecule has 2 aliphatic rings. The first-order valence-electron chi connectivity index (χ1n) is 9.13. The first-order chi connectivity index (χ1) is 13.9. The number of rotatable bonds is 3. The summed E-state index contributed by atoms with van der Waals surface area (Å²) in [7, 11) is 1.28. The van der Waals surface area contributed by atoms with Crippen LogP contribution in [0.1, 0.15) is 17.0 Å². The molecule has 2 aliphatic heterocycles. The number of anilines is 2. The SMILES string of the molecule is COC(=O)Nc1nc2c(s1)CN(C(=O)C1CC(=O)N(c3ccc(F)cc3)C1)CC2. The van der Waals surface area contributed by atoms with Crippen molar-refractivity contribution < 1.29 is 23.5 Å². The summed E-state index contributed by atoms with van der Waals surface area (Å²) in [6.07, 6.45) is 0.134. The Morgan fingerprint density at radius 3 is 2.79 bits per heavy atom. The molecule has 2 aromatic rings. The Morgan fingerprint density at radius 2 is 2.07 bits per heavy atom. The fourth-order valence-electron chi connectivity index (χ4n) is 3.58. The van der Waals surface area contributed by atoms with Gasteiger partial charge in [0, 0.05) is 36.5 Å². The van der Waals surface area contributed by atoms with E-state index < -0.39 is 12.0 Å². The number of hydrogen-bond donors (Lipinski definition) is 1. The van der Waals surface area contributed by atoms with E-state index >= 15 is 0 Å². The summed E-state index contributed by atoms with van der Waals surface area (Å²) in [5, 5.41) is 2.99. The van der Waals surface area contributed by atoms with Crippen molar-refractivity contribution in [3.63, 3.8) is 0 Å². The highest BCUT2D eigenvalue weighted by Crippen LogP contribution is 2.31. The van der Waals surface area contributed by atoms with Crippen LogP contribution in [0.25, 0.3) is 0 Å². The number of aromatic nitrogens is 1. The highest BCUT2D eigenvalue weighted by atomic mass is 32.1. The molecule has 29 heavy (non-hydrogen) atoms. The van der Waals surface area contributed by atoms with Gasteiger partial charge in [-0.3, -0.25) is 14.9 Å². The maximum atomic E-state index is 13.1. The third-order valence-electron chi connectivity index (χ3n) is 5.05. The Labute approximate surface area is 170 Å². The quantitative estimate of drug-likeness (QED) is 0.827. The van der Waals surface area contributed by atoms with Crippen molar-refractivity contribution in [2.75, 3.05) is 30.4 Å². The molecule has 0 bridgehead atoms. The van der Waals surface area contributed by atoms with Crippen LogP contribution in [0.5, 0.6) is 0 Å². The van der Waals surface area contributed by atoms with E-state index in [4.69, 9.17) is 0 Å². The van der Waals surface area contributed by atoms with Gasteiger partial charge in [0.1, 0.15) is 5.82 Å². The molecule has 0 aliphatic carbocycles. The fourth-order valence-corrected chi connectivity index (χ4v) is 4.59. The number of carbonyl (C=O) groups is 3. The lowest BCUT2D eigenvalue weighted by Crippen LogP contribution is -2.40. The summed E-state index contributed by atoms with van der Waals surface area (Å²) < 4.78 is 17.7. The lowest BCUT2D eigenvalue weighted by molar-refractivity contribution is -0.136. The number of fused-ring (bicyclic) bond motifs is 1. The first kappa shape index (κ1) is 19.3. The summed E-state index contributed by atoms with van der Waals surface area (Å²) in [6, 6.07) is 5.68. The van der Waals surface area contributed by atoms with Crippen LogP contribution < -0.4 is 10.2 Å². The van der Waals surface area contributed by atoms with Crippen molar-refractivity contribution in [3.8, 4) is 0 Å². The van der Waals surface area contributed by atoms with E-state index in [0.29, 0.717) is 30.3 Å². The van der Waals surface area contributed by atoms with Gasteiger partial charge in [-0.05, 0) is 24.3 Å². The average molecular weight is 418 g/mol. The van der Waals surface area contributed by atoms with Gasteiger partial charge in [-0.2, -0.15) is 0 Å². The standard InChI is InChI=1S/C19H19FN4O4S/c1-28-19(27)22-18-21-14-6-7-23(10-15(14)29-18)17(26)11-8-16(25)24(9-11)13-4-2-12(20)3-5-13/h2-5,11H,6-10H2,1H3,(H,21,22,27). The molecule has 1 unspecified atom stereocenters. The lowest BCUT2D eigenvalue weighted by atomic mass is 10.1. The van der Waals surface area contributed by atoms with Crippen molar-refractivity contribution in [3.05, 3.63) is 40.7 Å². The molecule has 1 aromatic carbocycles. The van der Waals surface area contributed by atoms with Gasteiger partial charge in [-0.15, -0.1) is 0 Å². The van der Waals surface area contributed by atoms with E-state index in [1.54, 1.807) is 17.0 Å². The Kier molecular flexibility index (Phi) is 5.18. The molecule has 8 nitrogen and oxygen atoms in total. The normalized spacial score (nSPS) is 18.6. The molecule has 3 amide bonds. The maximum absolute atomic E-state index is 13.1. The monoisotopic (exact) mass is 418 g/mol. The summed E-state index contributed by atoms with van der Waals surface area (Å²) in [6.45, 7) is 1.19. The lowest BCUT2D eigenvalue weighted by Gasteiger charge is -2.28. The molecule has 0 radical (unpaired) electrons. The predicted molar refractivity (Wildman–Crippen MR) is 104 cm³/mol. The molecule has 3 heterocycles. The minimum absolute atomic E-state index is 0.0792. The second-order valence-electron chi connectivity index (χ2n) is 6.90. The Hall–Kier alpha value is -3.01. The highest BCUT2D eigenvalue weighted by molar-refractivity contribution is 7.15. The van der Waals surface area contributed by atoms with E-state index in [-0.39, 0.29) is 30.6 Å². The smallest absolute Gasteiger partial charge is 0.413 e. The Morgan fingerprint density at radius 1 is 1.31 bits per heavy atom. The zero-order chi connectivity index (χ0) is 20.5. The van der Waals surface area contributed by atoms with Crippen LogP contribution in [0.15, 0.2) is 24.3 Å². The molecule has 1 atom stereocenters. The second-order valence-corrected chi connectivity index (χ2v) is 7.98. The van der Waals surface area contributed by atoms with Crippen LogP contribution in [0.4, 0.5) is 20.0 Å². The van der Waals surface area contributed by atoms with Gasteiger partial charge < -0.3 is 14.5 Å². The van der Waals surface area contributed by atoms with Crippen molar-refractivity contribution in [1.29, 1.82) is 0 Å². The van der Waals surface area contributed by atoms with Crippen molar-refractivity contribution in [1.82, 2.24) is 9.88 Å². The zero-order valence-corrected chi connectivity index (χ0v) is 16.5. The number of carbonyl (C=O) groups excluding carboxylic acids is 3. The fraction of sp³-hybridized carbons (Fsp3) is 0.368. The minimum atomic E-state index is -0.589. The number of nitrogens with zero attached hydrogens (tertiary/aromatic N) is 3. The van der Waals surface area contributed by atoms with Crippen LogP contribution in [0, 0.1) is 11.7 Å². The summed E-state index contributed by atoms with van der Waals surface area (Å²) in [5.74, 6) is -1.03. The van der Waals surface area contributed by atoms with Gasteiger partial charge in [-0.25, -0.2) is 14.2 Å². The number of thiazole rings is 1. The van der Waals surface area contributed by atoms with E-state index in [0.717, 1.165) is 10.6 Å². The number of nitrogens with one attached hydrogen (secondary N) is 1. The Bertz CT molecular complexity index is 962. The van der Waals surface area contributed by atoms with Gasteiger partial charge in [-0.1, -0.05) is 11.3 Å². The predicted octanol–water partition coefficient (Wildman–Crippen LogP) is 2.40. The molecule has 0 saturated carbocycles. The third-order valence-corrected chi connectivity index (χ3v) is 6.05. The highest BCUT2D eigenvalue weighted by Gasteiger charge is 2.38. The van der Waals surface area contributed by atoms with Crippen molar-refractivity contribution in [2.24, 2.45) is 5.92 Å². The number of benzene rings is 1. The van der Waals surface area contributed by atoms with Crippen LogP contribution in [0.2, 0.25) is 0 Å². The minimum Gasteiger partial charge on any atom is -0.453 e. The number of hydrogen-bond acceptors (Lipinski definition) is 6. The van der Waals surface area contributed by atoms with Crippen molar-refractivity contribution in [2.45, 2.75) is 19.4 Å². The molecule has 1 fully saturated rings. The number of halogens is 1. The number of amides is 3. The molecule has 152 valence electrons. The van der Waals surface area contributed by atoms with E-state index in [9.17, 15) is 18.8 Å². The van der Waals surface area contributed by atoms with Gasteiger partial charge in [0.15, 0.2) is 5.13 Å². The van der Waals surface area contributed by atoms with Crippen LogP contribution in [-0.2, 0) is 27.3 Å².